The predicted octanol–water partition coefficient (Wildman–Crippen LogP) is 3.40. The minimum Gasteiger partial charge on any atom is -0.381 e. The number of carbonyl (C=O) groups excluding carboxylic acids is 2. The van der Waals surface area contributed by atoms with Crippen LogP contribution >= 0.6 is 0 Å². The van der Waals surface area contributed by atoms with Crippen molar-refractivity contribution >= 4 is 34.7 Å². The van der Waals surface area contributed by atoms with Crippen LogP contribution in [0.5, 0.6) is 0 Å². The standard InChI is InChI=1S/C26H30N6O2/c27-24(33)14-20-17-30-25(15-23(20)29-16-18-4-2-1-3-5-18)31-21-6-8-22(9-7-21)32-26(34)19-10-12-28-13-11-19/h1-9,15,17,19,28H,10-14,16H2,(H2,27,33)(H,32,34)(H2,29,30,31). The molecule has 2 aromatic carbocycles. The maximum atomic E-state index is 12.4. The third-order valence-electron chi connectivity index (χ3n) is 5.81. The summed E-state index contributed by atoms with van der Waals surface area (Å²) in [6.07, 6.45) is 3.50. The second kappa shape index (κ2) is 11.3. The number of nitrogens with two attached hydrogens (primary N) is 1. The number of primary amides is 1. The molecule has 0 aliphatic carbocycles. The summed E-state index contributed by atoms with van der Waals surface area (Å²) < 4.78 is 0. The SMILES string of the molecule is NC(=O)Cc1cnc(Nc2ccc(NC(=O)C3CCNCC3)cc2)cc1NCc1ccccc1. The van der Waals surface area contributed by atoms with Gasteiger partial charge in [0.15, 0.2) is 0 Å². The molecule has 8 heteroatoms. The van der Waals surface area contributed by atoms with Crippen molar-refractivity contribution in [3.05, 3.63) is 78.0 Å². The summed E-state index contributed by atoms with van der Waals surface area (Å²) >= 11 is 0. The second-order valence-electron chi connectivity index (χ2n) is 8.42. The molecule has 176 valence electrons. The first-order chi connectivity index (χ1) is 16.6. The van der Waals surface area contributed by atoms with E-state index in [0.717, 1.165) is 54.1 Å². The Morgan fingerprint density at radius 3 is 2.41 bits per heavy atom. The Bertz CT molecular complexity index is 1110. The summed E-state index contributed by atoms with van der Waals surface area (Å²) in [6.45, 7) is 2.38. The van der Waals surface area contributed by atoms with Gasteiger partial charge in [0.25, 0.3) is 0 Å². The van der Waals surface area contributed by atoms with E-state index in [-0.39, 0.29) is 18.2 Å². The molecule has 1 fully saturated rings. The lowest BCUT2D eigenvalue weighted by Crippen LogP contribution is -2.34. The molecule has 0 saturated carbocycles. The minimum absolute atomic E-state index is 0.0592. The van der Waals surface area contributed by atoms with Crippen LogP contribution in [-0.4, -0.2) is 29.9 Å². The van der Waals surface area contributed by atoms with Gasteiger partial charge in [0, 0.05) is 47.4 Å². The molecule has 0 atom stereocenters. The van der Waals surface area contributed by atoms with Crippen molar-refractivity contribution < 1.29 is 9.59 Å². The van der Waals surface area contributed by atoms with Crippen LogP contribution in [0.15, 0.2) is 66.9 Å². The van der Waals surface area contributed by atoms with E-state index in [1.54, 1.807) is 6.20 Å². The fourth-order valence-corrected chi connectivity index (χ4v) is 3.95. The van der Waals surface area contributed by atoms with Gasteiger partial charge in [0.1, 0.15) is 5.82 Å². The summed E-state index contributed by atoms with van der Waals surface area (Å²) in [5.41, 5.74) is 9.68. The highest BCUT2D eigenvalue weighted by atomic mass is 16.2. The summed E-state index contributed by atoms with van der Waals surface area (Å²) in [5, 5.41) is 12.9. The average molecular weight is 459 g/mol. The first-order valence-corrected chi connectivity index (χ1v) is 11.5. The quantitative estimate of drug-likeness (QED) is 0.335. The summed E-state index contributed by atoms with van der Waals surface area (Å²) in [4.78, 5) is 28.4. The van der Waals surface area contributed by atoms with Crippen LogP contribution in [-0.2, 0) is 22.6 Å². The minimum atomic E-state index is -0.410. The number of aromatic nitrogens is 1. The lowest BCUT2D eigenvalue weighted by molar-refractivity contribution is -0.120. The van der Waals surface area contributed by atoms with E-state index in [4.69, 9.17) is 5.73 Å². The molecule has 0 radical (unpaired) electrons. The van der Waals surface area contributed by atoms with Gasteiger partial charge >= 0.3 is 0 Å². The Balaban J connectivity index is 1.41. The molecule has 8 nitrogen and oxygen atoms in total. The maximum absolute atomic E-state index is 12.4. The zero-order valence-corrected chi connectivity index (χ0v) is 19.0. The molecule has 1 aromatic heterocycles. The topological polar surface area (TPSA) is 121 Å². The fourth-order valence-electron chi connectivity index (χ4n) is 3.95. The molecule has 1 saturated heterocycles. The molecule has 1 aliphatic rings. The molecule has 0 unspecified atom stereocenters. The Hall–Kier alpha value is -3.91. The van der Waals surface area contributed by atoms with Crippen molar-refractivity contribution in [1.29, 1.82) is 0 Å². The molecule has 34 heavy (non-hydrogen) atoms. The van der Waals surface area contributed by atoms with Gasteiger partial charge in [-0.15, -0.1) is 0 Å². The van der Waals surface area contributed by atoms with Gasteiger partial charge < -0.3 is 27.0 Å². The summed E-state index contributed by atoms with van der Waals surface area (Å²) in [6, 6.07) is 19.4. The molecule has 2 amide bonds. The molecule has 6 N–H and O–H groups in total. The van der Waals surface area contributed by atoms with Gasteiger partial charge in [-0.05, 0) is 55.8 Å². The van der Waals surface area contributed by atoms with Crippen molar-refractivity contribution in [2.75, 3.05) is 29.0 Å². The number of nitrogens with one attached hydrogen (secondary N) is 4. The largest absolute Gasteiger partial charge is 0.381 e. The normalized spacial score (nSPS) is 13.8. The van der Waals surface area contributed by atoms with Crippen LogP contribution in [0.3, 0.4) is 0 Å². The maximum Gasteiger partial charge on any atom is 0.227 e. The predicted molar refractivity (Wildman–Crippen MR) is 135 cm³/mol. The zero-order valence-electron chi connectivity index (χ0n) is 19.0. The van der Waals surface area contributed by atoms with E-state index >= 15 is 0 Å². The van der Waals surface area contributed by atoms with E-state index < -0.39 is 5.91 Å². The van der Waals surface area contributed by atoms with Gasteiger partial charge in [0.2, 0.25) is 11.8 Å². The highest BCUT2D eigenvalue weighted by Gasteiger charge is 2.20. The number of carbonyl (C=O) groups is 2. The number of benzene rings is 2. The molecule has 1 aliphatic heterocycles. The molecule has 0 spiro atoms. The molecule has 2 heterocycles. The summed E-state index contributed by atoms with van der Waals surface area (Å²) in [7, 11) is 0. The van der Waals surface area contributed by atoms with Crippen LogP contribution in [0.4, 0.5) is 22.9 Å². The highest BCUT2D eigenvalue weighted by Crippen LogP contribution is 2.24. The monoisotopic (exact) mass is 458 g/mol. The fraction of sp³-hybridized carbons (Fsp3) is 0.269. The van der Waals surface area contributed by atoms with Crippen LogP contribution in [0.2, 0.25) is 0 Å². The Morgan fingerprint density at radius 2 is 1.71 bits per heavy atom. The van der Waals surface area contributed by atoms with Crippen LogP contribution in [0.1, 0.15) is 24.0 Å². The molecule has 4 rings (SSSR count). The average Bonchev–Trinajstić information content (AvgIpc) is 2.86. The Labute approximate surface area is 199 Å². The number of amides is 2. The Morgan fingerprint density at radius 1 is 1.00 bits per heavy atom. The van der Waals surface area contributed by atoms with Crippen molar-refractivity contribution in [3.8, 4) is 0 Å². The number of hydrogen-bond acceptors (Lipinski definition) is 6. The molecule has 3 aromatic rings. The van der Waals surface area contributed by atoms with Crippen molar-refractivity contribution in [2.24, 2.45) is 11.7 Å². The zero-order chi connectivity index (χ0) is 23.8. The van der Waals surface area contributed by atoms with Crippen LogP contribution < -0.4 is 27.0 Å². The molecular formula is C26H30N6O2. The first-order valence-electron chi connectivity index (χ1n) is 11.5. The van der Waals surface area contributed by atoms with Gasteiger partial charge in [0.05, 0.1) is 6.42 Å². The summed E-state index contributed by atoms with van der Waals surface area (Å²) in [5.74, 6) is 0.356. The van der Waals surface area contributed by atoms with E-state index in [0.29, 0.717) is 12.4 Å². The highest BCUT2D eigenvalue weighted by molar-refractivity contribution is 5.92. The number of piperidine rings is 1. The number of hydrogen-bond donors (Lipinski definition) is 5. The van der Waals surface area contributed by atoms with Gasteiger partial charge in [-0.3, -0.25) is 9.59 Å². The van der Waals surface area contributed by atoms with E-state index in [1.165, 1.54) is 0 Å². The van der Waals surface area contributed by atoms with Gasteiger partial charge in [-0.25, -0.2) is 4.98 Å². The Kier molecular flexibility index (Phi) is 7.72. The smallest absolute Gasteiger partial charge is 0.227 e. The lowest BCUT2D eigenvalue weighted by Gasteiger charge is -2.21. The second-order valence-corrected chi connectivity index (χ2v) is 8.42. The van der Waals surface area contributed by atoms with Crippen molar-refractivity contribution in [2.45, 2.75) is 25.8 Å². The number of nitrogens with zero attached hydrogens (tertiary/aromatic N) is 1. The number of rotatable bonds is 9. The van der Waals surface area contributed by atoms with E-state index in [1.807, 2.05) is 60.7 Å². The van der Waals surface area contributed by atoms with E-state index in [2.05, 4.69) is 26.3 Å². The first kappa shape index (κ1) is 23.3. The van der Waals surface area contributed by atoms with Crippen LogP contribution in [0, 0.1) is 5.92 Å². The lowest BCUT2D eigenvalue weighted by atomic mass is 9.97. The molecule has 0 bridgehead atoms. The van der Waals surface area contributed by atoms with Gasteiger partial charge in [-0.1, -0.05) is 30.3 Å². The van der Waals surface area contributed by atoms with Gasteiger partial charge in [-0.2, -0.15) is 0 Å². The van der Waals surface area contributed by atoms with Crippen molar-refractivity contribution in [3.63, 3.8) is 0 Å². The third kappa shape index (κ3) is 6.55. The number of pyridine rings is 1. The van der Waals surface area contributed by atoms with Crippen LogP contribution in [0.25, 0.3) is 0 Å². The number of anilines is 4. The third-order valence-corrected chi connectivity index (χ3v) is 5.81. The molecular weight excluding hydrogens is 428 g/mol. The van der Waals surface area contributed by atoms with Crippen molar-refractivity contribution in [1.82, 2.24) is 10.3 Å². The van der Waals surface area contributed by atoms with E-state index in [9.17, 15) is 9.59 Å².